The summed E-state index contributed by atoms with van der Waals surface area (Å²) in [7, 11) is 3.39. The van der Waals surface area contributed by atoms with Crippen LogP contribution in [0.4, 0.5) is 10.5 Å². The minimum atomic E-state index is -0.540. The summed E-state index contributed by atoms with van der Waals surface area (Å²) in [5.74, 6) is -0.468. The largest absolute Gasteiger partial charge is 0.333 e. The fourth-order valence-electron chi connectivity index (χ4n) is 3.17. The van der Waals surface area contributed by atoms with Gasteiger partial charge in [-0.25, -0.2) is 14.5 Å². The second-order valence-corrected chi connectivity index (χ2v) is 6.69. The van der Waals surface area contributed by atoms with Gasteiger partial charge in [-0.05, 0) is 42.0 Å². The molecule has 1 saturated heterocycles. The summed E-state index contributed by atoms with van der Waals surface area (Å²) < 4.78 is 3.08. The second-order valence-electron chi connectivity index (χ2n) is 6.26. The smallest absolute Gasteiger partial charge is 0.302 e. The van der Waals surface area contributed by atoms with Gasteiger partial charge in [0.2, 0.25) is 0 Å². The zero-order valence-corrected chi connectivity index (χ0v) is 15.3. The van der Waals surface area contributed by atoms with Gasteiger partial charge in [0.05, 0.1) is 16.7 Å². The van der Waals surface area contributed by atoms with Crippen LogP contribution in [0.1, 0.15) is 5.56 Å². The molecule has 1 N–H and O–H groups in total. The predicted octanol–water partition coefficient (Wildman–Crippen LogP) is 2.63. The number of carbonyl (C=O) groups is 2. The lowest BCUT2D eigenvalue weighted by molar-refractivity contribution is -0.113. The summed E-state index contributed by atoms with van der Waals surface area (Å²) in [6, 6.07) is 11.4. The van der Waals surface area contributed by atoms with E-state index in [1.807, 2.05) is 0 Å². The van der Waals surface area contributed by atoms with Crippen LogP contribution in [-0.2, 0) is 18.9 Å². The summed E-state index contributed by atoms with van der Waals surface area (Å²) in [6.07, 6.45) is 1.59. The van der Waals surface area contributed by atoms with Crippen molar-refractivity contribution < 1.29 is 9.59 Å². The highest BCUT2D eigenvalue weighted by Crippen LogP contribution is 2.25. The third kappa shape index (κ3) is 2.72. The van der Waals surface area contributed by atoms with Crippen molar-refractivity contribution >= 4 is 46.3 Å². The van der Waals surface area contributed by atoms with Gasteiger partial charge in [-0.15, -0.1) is 0 Å². The van der Waals surface area contributed by atoms with E-state index < -0.39 is 11.9 Å². The number of carbonyl (C=O) groups excluding carboxylic acids is 2. The predicted molar refractivity (Wildman–Crippen MR) is 104 cm³/mol. The molecule has 0 atom stereocenters. The molecule has 3 amide bonds. The van der Waals surface area contributed by atoms with Gasteiger partial charge in [0, 0.05) is 19.1 Å². The number of hydrogen-bond acceptors (Lipinski definition) is 3. The van der Waals surface area contributed by atoms with Crippen LogP contribution >= 0.6 is 11.6 Å². The zero-order valence-electron chi connectivity index (χ0n) is 14.6. The fraction of sp³-hybridized carbons (Fsp3) is 0.105. The van der Waals surface area contributed by atoms with Gasteiger partial charge in [0.1, 0.15) is 5.70 Å². The number of nitrogens with zero attached hydrogens (tertiary/aromatic N) is 3. The summed E-state index contributed by atoms with van der Waals surface area (Å²) in [6.45, 7) is 0. The standard InChI is InChI=1S/C19H15ClN4O3/c1-22-15-7-6-11(9-16(15)23(2)19(22)27)8-14-17(25)24(18(26)21-14)13-5-3-4-12(20)10-13/h3-10H,1-2H3,(H,21,26). The van der Waals surface area contributed by atoms with Crippen LogP contribution in [-0.4, -0.2) is 21.1 Å². The Labute approximate surface area is 159 Å². The van der Waals surface area contributed by atoms with Gasteiger partial charge in [0.25, 0.3) is 5.91 Å². The lowest BCUT2D eigenvalue weighted by Gasteiger charge is -2.11. The number of anilines is 1. The summed E-state index contributed by atoms with van der Waals surface area (Å²) in [5.41, 5.74) is 2.63. The van der Waals surface area contributed by atoms with Crippen LogP contribution in [0.3, 0.4) is 0 Å². The number of benzene rings is 2. The molecule has 1 aliphatic rings. The van der Waals surface area contributed by atoms with E-state index in [4.69, 9.17) is 11.6 Å². The number of rotatable bonds is 2. The van der Waals surface area contributed by atoms with Crippen LogP contribution in [0.2, 0.25) is 5.02 Å². The lowest BCUT2D eigenvalue weighted by atomic mass is 10.1. The van der Waals surface area contributed by atoms with Crippen LogP contribution in [0, 0.1) is 0 Å². The molecule has 136 valence electrons. The van der Waals surface area contributed by atoms with Gasteiger partial charge in [-0.2, -0.15) is 0 Å². The van der Waals surface area contributed by atoms with Crippen LogP contribution in [0.15, 0.2) is 53.0 Å². The topological polar surface area (TPSA) is 76.3 Å². The van der Waals surface area contributed by atoms with Crippen molar-refractivity contribution in [3.05, 3.63) is 69.2 Å². The van der Waals surface area contributed by atoms with E-state index in [1.54, 1.807) is 67.2 Å². The van der Waals surface area contributed by atoms with Crippen LogP contribution in [0.25, 0.3) is 17.1 Å². The molecule has 2 aromatic carbocycles. The van der Waals surface area contributed by atoms with Crippen LogP contribution < -0.4 is 15.9 Å². The van der Waals surface area contributed by atoms with E-state index in [9.17, 15) is 14.4 Å². The first kappa shape index (κ1) is 17.1. The molecule has 7 nitrogen and oxygen atoms in total. The molecule has 0 saturated carbocycles. The van der Waals surface area contributed by atoms with E-state index >= 15 is 0 Å². The lowest BCUT2D eigenvalue weighted by Crippen LogP contribution is -2.30. The molecule has 0 aliphatic carbocycles. The van der Waals surface area contributed by atoms with E-state index in [-0.39, 0.29) is 11.4 Å². The summed E-state index contributed by atoms with van der Waals surface area (Å²) in [4.78, 5) is 38.0. The monoisotopic (exact) mass is 382 g/mol. The summed E-state index contributed by atoms with van der Waals surface area (Å²) >= 11 is 5.96. The highest BCUT2D eigenvalue weighted by molar-refractivity contribution is 6.32. The first-order valence-electron chi connectivity index (χ1n) is 8.15. The van der Waals surface area contributed by atoms with Crippen molar-refractivity contribution in [2.45, 2.75) is 0 Å². The van der Waals surface area contributed by atoms with Crippen molar-refractivity contribution in [2.24, 2.45) is 14.1 Å². The first-order valence-corrected chi connectivity index (χ1v) is 8.53. The molecule has 0 unspecified atom stereocenters. The number of aryl methyl sites for hydroxylation is 2. The number of amides is 3. The Hall–Kier alpha value is -3.32. The quantitative estimate of drug-likeness (QED) is 0.546. The van der Waals surface area contributed by atoms with Crippen LogP contribution in [0.5, 0.6) is 0 Å². The minimum absolute atomic E-state index is 0.132. The van der Waals surface area contributed by atoms with Crippen molar-refractivity contribution in [3.63, 3.8) is 0 Å². The molecule has 27 heavy (non-hydrogen) atoms. The Morgan fingerprint density at radius 1 is 0.963 bits per heavy atom. The third-order valence-electron chi connectivity index (χ3n) is 4.55. The molecule has 3 aromatic rings. The molecule has 1 fully saturated rings. The van der Waals surface area contributed by atoms with E-state index in [1.165, 1.54) is 4.57 Å². The number of fused-ring (bicyclic) bond motifs is 1. The number of urea groups is 1. The molecule has 0 spiro atoms. The number of hydrogen-bond donors (Lipinski definition) is 1. The van der Waals surface area contributed by atoms with E-state index in [0.29, 0.717) is 16.3 Å². The number of imide groups is 1. The molecular formula is C19H15ClN4O3. The molecule has 8 heteroatoms. The highest BCUT2D eigenvalue weighted by Gasteiger charge is 2.34. The normalized spacial score (nSPS) is 15.8. The van der Waals surface area contributed by atoms with Gasteiger partial charge < -0.3 is 5.32 Å². The molecule has 0 bridgehead atoms. The fourth-order valence-corrected chi connectivity index (χ4v) is 3.35. The Bertz CT molecular complexity index is 1210. The van der Waals surface area contributed by atoms with Crippen molar-refractivity contribution in [1.82, 2.24) is 14.5 Å². The van der Waals surface area contributed by atoms with Gasteiger partial charge in [-0.3, -0.25) is 13.9 Å². The number of imidazole rings is 1. The third-order valence-corrected chi connectivity index (χ3v) is 4.79. The molecular weight excluding hydrogens is 368 g/mol. The maximum atomic E-state index is 12.7. The molecule has 4 rings (SSSR count). The van der Waals surface area contributed by atoms with Crippen molar-refractivity contribution in [3.8, 4) is 0 Å². The SMILES string of the molecule is Cn1c(=O)n(C)c2cc(C=C3NC(=O)N(c4cccc(Cl)c4)C3=O)ccc21. The van der Waals surface area contributed by atoms with Crippen molar-refractivity contribution in [2.75, 3.05) is 4.90 Å². The Morgan fingerprint density at radius 2 is 1.70 bits per heavy atom. The number of aromatic nitrogens is 2. The Balaban J connectivity index is 1.74. The number of halogens is 1. The Morgan fingerprint density at radius 3 is 2.44 bits per heavy atom. The van der Waals surface area contributed by atoms with E-state index in [0.717, 1.165) is 15.9 Å². The van der Waals surface area contributed by atoms with Gasteiger partial charge in [-0.1, -0.05) is 23.7 Å². The summed E-state index contributed by atoms with van der Waals surface area (Å²) in [5, 5.41) is 3.01. The average molecular weight is 383 g/mol. The number of nitrogens with one attached hydrogen (secondary N) is 1. The maximum Gasteiger partial charge on any atom is 0.333 e. The highest BCUT2D eigenvalue weighted by atomic mass is 35.5. The van der Waals surface area contributed by atoms with E-state index in [2.05, 4.69) is 5.32 Å². The first-order chi connectivity index (χ1) is 12.9. The average Bonchev–Trinajstić information content (AvgIpc) is 3.03. The van der Waals surface area contributed by atoms with Gasteiger partial charge >= 0.3 is 11.7 Å². The molecule has 0 radical (unpaired) electrons. The Kier molecular flexibility index (Phi) is 3.89. The molecule has 1 aliphatic heterocycles. The second kappa shape index (κ2) is 6.14. The zero-order chi connectivity index (χ0) is 19.3. The van der Waals surface area contributed by atoms with Crippen molar-refractivity contribution in [1.29, 1.82) is 0 Å². The van der Waals surface area contributed by atoms with Gasteiger partial charge in [0.15, 0.2) is 0 Å². The maximum absolute atomic E-state index is 12.7. The molecule has 1 aromatic heterocycles. The minimum Gasteiger partial charge on any atom is -0.302 e. The molecule has 2 heterocycles.